The third kappa shape index (κ3) is 4.21. The molecular formula is C19H33NO2. The Kier molecular flexibility index (Phi) is 5.87. The van der Waals surface area contributed by atoms with Crippen LogP contribution in [0.25, 0.3) is 0 Å². The molecular weight excluding hydrogens is 274 g/mol. The molecule has 2 aliphatic heterocycles. The number of piperidine rings is 1. The van der Waals surface area contributed by atoms with E-state index in [4.69, 9.17) is 0 Å². The predicted molar refractivity (Wildman–Crippen MR) is 91.8 cm³/mol. The van der Waals surface area contributed by atoms with Gasteiger partial charge in [-0.25, -0.2) is 0 Å². The number of aliphatic hydroxyl groups excluding tert-OH is 1. The third-order valence-electron chi connectivity index (χ3n) is 5.32. The highest BCUT2D eigenvalue weighted by atomic mass is 16.3. The lowest BCUT2D eigenvalue weighted by Gasteiger charge is -2.43. The second kappa shape index (κ2) is 7.29. The molecule has 4 atom stereocenters. The van der Waals surface area contributed by atoms with Gasteiger partial charge in [0.15, 0.2) is 0 Å². The molecule has 0 aromatic heterocycles. The van der Waals surface area contributed by atoms with Crippen LogP contribution < -0.4 is 0 Å². The van der Waals surface area contributed by atoms with Crippen LogP contribution in [0.2, 0.25) is 0 Å². The molecule has 2 heterocycles. The third-order valence-corrected chi connectivity index (χ3v) is 5.32. The topological polar surface area (TPSA) is 43.7 Å². The van der Waals surface area contributed by atoms with Crippen molar-refractivity contribution in [2.24, 2.45) is 5.92 Å². The summed E-state index contributed by atoms with van der Waals surface area (Å²) in [7, 11) is 0. The van der Waals surface area contributed by atoms with Crippen LogP contribution in [0, 0.1) is 5.92 Å². The molecule has 2 aliphatic rings. The first-order valence-electron chi connectivity index (χ1n) is 8.84. The largest absolute Gasteiger partial charge is 0.389 e. The van der Waals surface area contributed by atoms with Crippen LogP contribution in [-0.4, -0.2) is 45.9 Å². The van der Waals surface area contributed by atoms with Gasteiger partial charge in [0.1, 0.15) is 0 Å². The standard InChI is InChI=1S/C19H33NO2/c1-5-17(21)15(3)9-8-14(2)11-16-12-19(4,22)18-7-6-10-20(18)13-16/h9,11,14,17-18,21-22H,5-8,10,12-13H2,1-4H3/b15-9+,16-11-/t14?,17-,18?,19-/m0/s1. The zero-order valence-electron chi connectivity index (χ0n) is 14.7. The smallest absolute Gasteiger partial charge is 0.0811 e. The van der Waals surface area contributed by atoms with Crippen molar-refractivity contribution in [1.82, 2.24) is 4.90 Å². The van der Waals surface area contributed by atoms with E-state index < -0.39 is 5.60 Å². The summed E-state index contributed by atoms with van der Waals surface area (Å²) >= 11 is 0. The monoisotopic (exact) mass is 307 g/mol. The summed E-state index contributed by atoms with van der Waals surface area (Å²) in [4.78, 5) is 2.45. The van der Waals surface area contributed by atoms with Crippen molar-refractivity contribution in [3.05, 3.63) is 23.3 Å². The zero-order valence-corrected chi connectivity index (χ0v) is 14.7. The summed E-state index contributed by atoms with van der Waals surface area (Å²) < 4.78 is 0. The number of hydrogen-bond acceptors (Lipinski definition) is 3. The average molecular weight is 307 g/mol. The molecule has 3 heteroatoms. The quantitative estimate of drug-likeness (QED) is 0.766. The van der Waals surface area contributed by atoms with Crippen LogP contribution in [0.15, 0.2) is 23.3 Å². The second-order valence-corrected chi connectivity index (χ2v) is 7.57. The highest BCUT2D eigenvalue weighted by Gasteiger charge is 2.43. The van der Waals surface area contributed by atoms with Crippen LogP contribution in [0.3, 0.4) is 0 Å². The van der Waals surface area contributed by atoms with E-state index in [1.807, 2.05) is 20.8 Å². The molecule has 2 fully saturated rings. The van der Waals surface area contributed by atoms with Gasteiger partial charge in [-0.3, -0.25) is 4.90 Å². The van der Waals surface area contributed by atoms with Crippen molar-refractivity contribution in [3.8, 4) is 0 Å². The number of rotatable bonds is 5. The van der Waals surface area contributed by atoms with E-state index in [9.17, 15) is 10.2 Å². The minimum Gasteiger partial charge on any atom is -0.389 e. The van der Waals surface area contributed by atoms with Gasteiger partial charge in [-0.15, -0.1) is 0 Å². The Morgan fingerprint density at radius 3 is 2.91 bits per heavy atom. The number of nitrogens with zero attached hydrogens (tertiary/aromatic N) is 1. The highest BCUT2D eigenvalue weighted by molar-refractivity contribution is 5.18. The van der Waals surface area contributed by atoms with Gasteiger partial charge < -0.3 is 10.2 Å². The van der Waals surface area contributed by atoms with Crippen molar-refractivity contribution in [3.63, 3.8) is 0 Å². The van der Waals surface area contributed by atoms with Crippen LogP contribution in [0.5, 0.6) is 0 Å². The summed E-state index contributed by atoms with van der Waals surface area (Å²) in [5.74, 6) is 0.448. The molecule has 22 heavy (non-hydrogen) atoms. The van der Waals surface area contributed by atoms with Crippen LogP contribution in [0.1, 0.15) is 59.8 Å². The van der Waals surface area contributed by atoms with E-state index in [1.165, 1.54) is 12.0 Å². The minimum atomic E-state index is -0.579. The maximum absolute atomic E-state index is 10.7. The van der Waals surface area contributed by atoms with Gasteiger partial charge in [-0.05, 0) is 64.0 Å². The highest BCUT2D eigenvalue weighted by Crippen LogP contribution is 2.37. The summed E-state index contributed by atoms with van der Waals surface area (Å²) in [6.45, 7) is 10.4. The summed E-state index contributed by atoms with van der Waals surface area (Å²) in [5.41, 5.74) is 1.87. The molecule has 0 spiro atoms. The molecule has 126 valence electrons. The molecule has 0 saturated carbocycles. The van der Waals surface area contributed by atoms with Gasteiger partial charge >= 0.3 is 0 Å². The van der Waals surface area contributed by atoms with Crippen molar-refractivity contribution >= 4 is 0 Å². The molecule has 0 aromatic rings. The van der Waals surface area contributed by atoms with E-state index >= 15 is 0 Å². The molecule has 2 saturated heterocycles. The lowest BCUT2D eigenvalue weighted by Crippen LogP contribution is -2.52. The number of aliphatic hydroxyl groups is 2. The number of allylic oxidation sites excluding steroid dienone is 2. The van der Waals surface area contributed by atoms with Crippen LogP contribution in [-0.2, 0) is 0 Å². The molecule has 2 unspecified atom stereocenters. The fraction of sp³-hybridized carbons (Fsp3) is 0.789. The Hall–Kier alpha value is -0.640. The lowest BCUT2D eigenvalue weighted by molar-refractivity contribution is -0.0330. The Balaban J connectivity index is 1.97. The maximum atomic E-state index is 10.7. The van der Waals surface area contributed by atoms with E-state index in [0.717, 1.165) is 44.3 Å². The summed E-state index contributed by atoms with van der Waals surface area (Å²) in [5, 5.41) is 20.5. The zero-order chi connectivity index (χ0) is 16.3. The fourth-order valence-electron chi connectivity index (χ4n) is 4.03. The molecule has 0 bridgehead atoms. The SMILES string of the molecule is CC[C@H](O)/C(C)=C/CC(C)/C=C1\CN2CCCC2[C@@](C)(O)C1. The first-order chi connectivity index (χ1) is 10.3. The van der Waals surface area contributed by atoms with Crippen molar-refractivity contribution in [2.75, 3.05) is 13.1 Å². The fourth-order valence-corrected chi connectivity index (χ4v) is 4.03. The van der Waals surface area contributed by atoms with Crippen molar-refractivity contribution in [1.29, 1.82) is 0 Å². The summed E-state index contributed by atoms with van der Waals surface area (Å²) in [6.07, 6.45) is 9.07. The van der Waals surface area contributed by atoms with E-state index in [2.05, 4.69) is 24.0 Å². The molecule has 0 radical (unpaired) electrons. The van der Waals surface area contributed by atoms with Gasteiger partial charge in [-0.1, -0.05) is 31.6 Å². The molecule has 0 amide bonds. The van der Waals surface area contributed by atoms with Gasteiger partial charge in [0, 0.05) is 12.6 Å². The maximum Gasteiger partial charge on any atom is 0.0811 e. The first-order valence-corrected chi connectivity index (χ1v) is 8.84. The molecule has 0 aliphatic carbocycles. The average Bonchev–Trinajstić information content (AvgIpc) is 2.92. The Labute approximate surface area is 135 Å². The Morgan fingerprint density at radius 1 is 1.50 bits per heavy atom. The normalized spacial score (nSPS) is 34.7. The van der Waals surface area contributed by atoms with Crippen LogP contribution >= 0.6 is 0 Å². The molecule has 2 rings (SSSR count). The van der Waals surface area contributed by atoms with Gasteiger partial charge in [0.25, 0.3) is 0 Å². The van der Waals surface area contributed by atoms with Gasteiger partial charge in [0.05, 0.1) is 11.7 Å². The number of fused-ring (bicyclic) bond motifs is 1. The van der Waals surface area contributed by atoms with Gasteiger partial charge in [0.2, 0.25) is 0 Å². The second-order valence-electron chi connectivity index (χ2n) is 7.57. The van der Waals surface area contributed by atoms with Gasteiger partial charge in [-0.2, -0.15) is 0 Å². The van der Waals surface area contributed by atoms with Crippen LogP contribution in [0.4, 0.5) is 0 Å². The first kappa shape index (κ1) is 17.7. The molecule has 0 aromatic carbocycles. The molecule has 2 N–H and O–H groups in total. The van der Waals surface area contributed by atoms with Crippen molar-refractivity contribution < 1.29 is 10.2 Å². The van der Waals surface area contributed by atoms with E-state index in [-0.39, 0.29) is 6.10 Å². The summed E-state index contributed by atoms with van der Waals surface area (Å²) in [6, 6.07) is 0.349. The molecule has 3 nitrogen and oxygen atoms in total. The lowest BCUT2D eigenvalue weighted by atomic mass is 9.82. The number of hydrogen-bond donors (Lipinski definition) is 2. The van der Waals surface area contributed by atoms with Crippen molar-refractivity contribution in [2.45, 2.75) is 77.5 Å². The minimum absolute atomic E-state index is 0.305. The van der Waals surface area contributed by atoms with E-state index in [0.29, 0.717) is 12.0 Å². The predicted octanol–water partition coefficient (Wildman–Crippen LogP) is 3.28. The Morgan fingerprint density at radius 2 is 2.23 bits per heavy atom. The van der Waals surface area contributed by atoms with E-state index in [1.54, 1.807) is 0 Å². The Bertz CT molecular complexity index is 439.